The Morgan fingerprint density at radius 2 is 2.07 bits per heavy atom. The molecule has 14 heavy (non-hydrogen) atoms. The van der Waals surface area contributed by atoms with Crippen molar-refractivity contribution < 1.29 is 4.79 Å². The summed E-state index contributed by atoms with van der Waals surface area (Å²) in [5.41, 5.74) is 1.70. The Balaban J connectivity index is 2.83. The molecule has 0 spiro atoms. The van der Waals surface area contributed by atoms with Crippen molar-refractivity contribution >= 4 is 17.3 Å². The van der Waals surface area contributed by atoms with Crippen LogP contribution in [-0.4, -0.2) is 12.5 Å². The number of rotatable bonds is 4. The average molecular weight is 190 g/mol. The molecule has 74 valence electrons. The molecule has 0 aromatic heterocycles. The van der Waals surface area contributed by atoms with Gasteiger partial charge >= 0.3 is 0 Å². The molecule has 1 aromatic carbocycles. The summed E-state index contributed by atoms with van der Waals surface area (Å²) in [6.45, 7) is 6.23. The van der Waals surface area contributed by atoms with Crippen molar-refractivity contribution in [2.75, 3.05) is 17.2 Å². The second-order valence-electron chi connectivity index (χ2n) is 2.77. The third-order valence-electron chi connectivity index (χ3n) is 1.74. The largest absolute Gasteiger partial charge is 0.384 e. The van der Waals surface area contributed by atoms with E-state index in [2.05, 4.69) is 17.2 Å². The molecule has 1 rings (SSSR count). The Morgan fingerprint density at radius 1 is 1.43 bits per heavy atom. The first kappa shape index (κ1) is 10.3. The van der Waals surface area contributed by atoms with Gasteiger partial charge in [0.15, 0.2) is 0 Å². The van der Waals surface area contributed by atoms with Crippen LogP contribution in [0.4, 0.5) is 11.4 Å². The summed E-state index contributed by atoms with van der Waals surface area (Å²) in [4.78, 5) is 11.1. The van der Waals surface area contributed by atoms with Crippen molar-refractivity contribution in [2.45, 2.75) is 6.92 Å². The molecule has 3 nitrogen and oxygen atoms in total. The molecule has 0 saturated carbocycles. The fraction of sp³-hybridized carbons (Fsp3) is 0.182. The molecule has 0 aliphatic rings. The van der Waals surface area contributed by atoms with Gasteiger partial charge in [0.2, 0.25) is 5.91 Å². The minimum absolute atomic E-state index is 0.199. The Kier molecular flexibility index (Phi) is 3.73. The quantitative estimate of drug-likeness (QED) is 0.715. The van der Waals surface area contributed by atoms with Crippen LogP contribution in [0.1, 0.15) is 6.92 Å². The molecular formula is C11H14N2O. The van der Waals surface area contributed by atoms with Gasteiger partial charge in [-0.1, -0.05) is 18.7 Å². The highest BCUT2D eigenvalue weighted by Gasteiger charge is 2.01. The monoisotopic (exact) mass is 190 g/mol. The lowest BCUT2D eigenvalue weighted by atomic mass is 10.2. The molecule has 2 N–H and O–H groups in total. The molecule has 0 aliphatic carbocycles. The molecule has 1 amide bonds. The summed E-state index contributed by atoms with van der Waals surface area (Å²) in [6, 6.07) is 7.56. The Labute approximate surface area is 83.8 Å². The topological polar surface area (TPSA) is 41.1 Å². The van der Waals surface area contributed by atoms with Crippen LogP contribution in [0, 0.1) is 0 Å². The van der Waals surface area contributed by atoms with E-state index in [1.165, 1.54) is 6.08 Å². The van der Waals surface area contributed by atoms with Gasteiger partial charge in [0.05, 0.1) is 11.4 Å². The maximum Gasteiger partial charge on any atom is 0.247 e. The van der Waals surface area contributed by atoms with Crippen LogP contribution in [0.5, 0.6) is 0 Å². The van der Waals surface area contributed by atoms with E-state index in [0.29, 0.717) is 0 Å². The van der Waals surface area contributed by atoms with Crippen molar-refractivity contribution in [3.8, 4) is 0 Å². The minimum atomic E-state index is -0.199. The lowest BCUT2D eigenvalue weighted by Crippen LogP contribution is -2.10. The van der Waals surface area contributed by atoms with E-state index >= 15 is 0 Å². The first-order chi connectivity index (χ1) is 6.77. The predicted octanol–water partition coefficient (Wildman–Crippen LogP) is 2.24. The molecule has 0 aliphatic heterocycles. The second-order valence-corrected chi connectivity index (χ2v) is 2.77. The Bertz CT molecular complexity index is 334. The molecular weight excluding hydrogens is 176 g/mol. The van der Waals surface area contributed by atoms with Crippen LogP contribution >= 0.6 is 0 Å². The lowest BCUT2D eigenvalue weighted by molar-refractivity contribution is -0.111. The first-order valence-electron chi connectivity index (χ1n) is 4.54. The van der Waals surface area contributed by atoms with E-state index in [1.807, 2.05) is 31.2 Å². The zero-order valence-corrected chi connectivity index (χ0v) is 8.21. The Morgan fingerprint density at radius 3 is 2.64 bits per heavy atom. The zero-order chi connectivity index (χ0) is 10.4. The number of hydrogen-bond donors (Lipinski definition) is 2. The van der Waals surface area contributed by atoms with Crippen molar-refractivity contribution in [1.82, 2.24) is 0 Å². The summed E-state index contributed by atoms with van der Waals surface area (Å²) in [5.74, 6) is -0.199. The van der Waals surface area contributed by atoms with Crippen molar-refractivity contribution in [3.05, 3.63) is 36.9 Å². The molecule has 0 fully saturated rings. The van der Waals surface area contributed by atoms with Gasteiger partial charge in [-0.05, 0) is 25.1 Å². The fourth-order valence-corrected chi connectivity index (χ4v) is 1.12. The molecule has 0 saturated heterocycles. The number of benzene rings is 1. The molecule has 3 heteroatoms. The summed E-state index contributed by atoms with van der Waals surface area (Å²) >= 11 is 0. The normalized spacial score (nSPS) is 9.21. The van der Waals surface area contributed by atoms with Gasteiger partial charge < -0.3 is 10.6 Å². The number of hydrogen-bond acceptors (Lipinski definition) is 2. The van der Waals surface area contributed by atoms with Crippen LogP contribution in [0.3, 0.4) is 0 Å². The van der Waals surface area contributed by atoms with Gasteiger partial charge in [-0.15, -0.1) is 0 Å². The van der Waals surface area contributed by atoms with E-state index in [0.717, 1.165) is 17.9 Å². The standard InChI is InChI=1S/C11H14N2O/c1-3-11(14)13-10-8-6-5-7-9(10)12-4-2/h3,5-8,12H,1,4H2,2H3,(H,13,14). The van der Waals surface area contributed by atoms with Crippen LogP contribution < -0.4 is 10.6 Å². The van der Waals surface area contributed by atoms with E-state index < -0.39 is 0 Å². The highest BCUT2D eigenvalue weighted by molar-refractivity contribution is 6.01. The molecule has 0 unspecified atom stereocenters. The smallest absolute Gasteiger partial charge is 0.247 e. The van der Waals surface area contributed by atoms with Crippen LogP contribution in [0.2, 0.25) is 0 Å². The van der Waals surface area contributed by atoms with Gasteiger partial charge in [0.25, 0.3) is 0 Å². The number of nitrogens with one attached hydrogen (secondary N) is 2. The number of anilines is 2. The van der Waals surface area contributed by atoms with E-state index in [4.69, 9.17) is 0 Å². The predicted molar refractivity (Wildman–Crippen MR) is 59.4 cm³/mol. The van der Waals surface area contributed by atoms with Crippen LogP contribution in [0.25, 0.3) is 0 Å². The molecule has 0 bridgehead atoms. The maximum atomic E-state index is 11.1. The summed E-state index contributed by atoms with van der Waals surface area (Å²) in [5, 5.41) is 5.88. The highest BCUT2D eigenvalue weighted by atomic mass is 16.1. The molecule has 0 atom stereocenters. The summed E-state index contributed by atoms with van der Waals surface area (Å²) < 4.78 is 0. The minimum Gasteiger partial charge on any atom is -0.384 e. The van der Waals surface area contributed by atoms with E-state index in [9.17, 15) is 4.79 Å². The number of amides is 1. The second kappa shape index (κ2) is 5.07. The molecule has 1 aromatic rings. The lowest BCUT2D eigenvalue weighted by Gasteiger charge is -2.10. The highest BCUT2D eigenvalue weighted by Crippen LogP contribution is 2.20. The number of para-hydroxylation sites is 2. The summed E-state index contributed by atoms with van der Waals surface area (Å²) in [7, 11) is 0. The third-order valence-corrected chi connectivity index (χ3v) is 1.74. The number of carbonyl (C=O) groups excluding carboxylic acids is 1. The van der Waals surface area contributed by atoms with Crippen LogP contribution in [-0.2, 0) is 4.79 Å². The van der Waals surface area contributed by atoms with Gasteiger partial charge in [-0.3, -0.25) is 4.79 Å². The van der Waals surface area contributed by atoms with E-state index in [1.54, 1.807) is 0 Å². The number of carbonyl (C=O) groups is 1. The maximum absolute atomic E-state index is 11.1. The molecule has 0 heterocycles. The van der Waals surface area contributed by atoms with Gasteiger partial charge in [-0.2, -0.15) is 0 Å². The van der Waals surface area contributed by atoms with Crippen molar-refractivity contribution in [2.24, 2.45) is 0 Å². The first-order valence-corrected chi connectivity index (χ1v) is 4.54. The van der Waals surface area contributed by atoms with Crippen LogP contribution in [0.15, 0.2) is 36.9 Å². The van der Waals surface area contributed by atoms with Gasteiger partial charge in [-0.25, -0.2) is 0 Å². The molecule has 0 radical (unpaired) electrons. The Hall–Kier alpha value is -1.77. The van der Waals surface area contributed by atoms with E-state index in [-0.39, 0.29) is 5.91 Å². The van der Waals surface area contributed by atoms with Crippen molar-refractivity contribution in [1.29, 1.82) is 0 Å². The third kappa shape index (κ3) is 2.62. The van der Waals surface area contributed by atoms with Gasteiger partial charge in [0, 0.05) is 6.54 Å². The summed E-state index contributed by atoms with van der Waals surface area (Å²) in [6.07, 6.45) is 1.25. The van der Waals surface area contributed by atoms with Crippen molar-refractivity contribution in [3.63, 3.8) is 0 Å². The average Bonchev–Trinajstić information content (AvgIpc) is 2.21. The zero-order valence-electron chi connectivity index (χ0n) is 8.21. The fourth-order valence-electron chi connectivity index (χ4n) is 1.12. The van der Waals surface area contributed by atoms with Gasteiger partial charge in [0.1, 0.15) is 0 Å². The SMILES string of the molecule is C=CC(=O)Nc1ccccc1NCC.